The number of carbonyl (C=O) groups excluding carboxylic acids is 1. The van der Waals surface area contributed by atoms with Crippen molar-refractivity contribution in [2.45, 2.75) is 26.2 Å². The molecule has 1 aromatic carbocycles. The molecule has 29 heavy (non-hydrogen) atoms. The number of carbonyl (C=O) groups is 1. The SMILES string of the molecule is CCOC(=O)C(C)(C)c1ccc(Nc2ccnc(-c3c(F)cccc3F)c2)nc1. The Morgan fingerprint density at radius 2 is 1.83 bits per heavy atom. The Morgan fingerprint density at radius 1 is 1.10 bits per heavy atom. The highest BCUT2D eigenvalue weighted by Crippen LogP contribution is 2.28. The topological polar surface area (TPSA) is 64.1 Å². The molecule has 3 rings (SSSR count). The van der Waals surface area contributed by atoms with Gasteiger partial charge in [-0.2, -0.15) is 0 Å². The fraction of sp³-hybridized carbons (Fsp3) is 0.227. The Labute approximate surface area is 167 Å². The molecule has 0 amide bonds. The lowest BCUT2D eigenvalue weighted by molar-refractivity contribution is -0.148. The van der Waals surface area contributed by atoms with Gasteiger partial charge in [0.15, 0.2) is 0 Å². The number of nitrogens with zero attached hydrogens (tertiary/aromatic N) is 2. The van der Waals surface area contributed by atoms with Gasteiger partial charge in [-0.15, -0.1) is 0 Å². The van der Waals surface area contributed by atoms with Crippen LogP contribution >= 0.6 is 0 Å². The summed E-state index contributed by atoms with van der Waals surface area (Å²) < 4.78 is 33.2. The number of pyridine rings is 2. The predicted molar refractivity (Wildman–Crippen MR) is 107 cm³/mol. The number of nitrogens with one attached hydrogen (secondary N) is 1. The van der Waals surface area contributed by atoms with Gasteiger partial charge >= 0.3 is 5.97 Å². The molecule has 0 unspecified atom stereocenters. The number of aromatic nitrogens is 2. The van der Waals surface area contributed by atoms with Crippen molar-refractivity contribution < 1.29 is 18.3 Å². The van der Waals surface area contributed by atoms with Gasteiger partial charge in [0.1, 0.15) is 17.5 Å². The molecule has 0 atom stereocenters. The van der Waals surface area contributed by atoms with Crippen LogP contribution in [-0.4, -0.2) is 22.5 Å². The third-order valence-electron chi connectivity index (χ3n) is 4.52. The summed E-state index contributed by atoms with van der Waals surface area (Å²) in [5, 5.41) is 3.07. The third kappa shape index (κ3) is 4.39. The lowest BCUT2D eigenvalue weighted by Crippen LogP contribution is -2.31. The maximum Gasteiger partial charge on any atom is 0.316 e. The van der Waals surface area contributed by atoms with Crippen molar-refractivity contribution in [3.05, 3.63) is 72.1 Å². The van der Waals surface area contributed by atoms with Crippen LogP contribution in [0.3, 0.4) is 0 Å². The van der Waals surface area contributed by atoms with E-state index in [4.69, 9.17) is 4.74 Å². The van der Waals surface area contributed by atoms with Crippen LogP contribution in [0, 0.1) is 11.6 Å². The first kappa shape index (κ1) is 20.4. The van der Waals surface area contributed by atoms with E-state index >= 15 is 0 Å². The standard InChI is InChI=1S/C22H21F2N3O2/c1-4-29-21(28)22(2,3)14-8-9-19(26-13-14)27-15-10-11-25-18(12-15)20-16(23)6-5-7-17(20)24/h5-13H,4H2,1-3H3,(H,25,26,27). The summed E-state index contributed by atoms with van der Waals surface area (Å²) in [6.07, 6.45) is 3.06. The number of ether oxygens (including phenoxy) is 1. The minimum Gasteiger partial charge on any atom is -0.465 e. The highest BCUT2D eigenvalue weighted by molar-refractivity contribution is 5.82. The lowest BCUT2D eigenvalue weighted by atomic mass is 9.86. The molecular weight excluding hydrogens is 376 g/mol. The second-order valence-electron chi connectivity index (χ2n) is 6.93. The summed E-state index contributed by atoms with van der Waals surface area (Å²) in [6.45, 7) is 5.61. The van der Waals surface area contributed by atoms with Crippen molar-refractivity contribution in [2.75, 3.05) is 11.9 Å². The van der Waals surface area contributed by atoms with Gasteiger partial charge in [-0.25, -0.2) is 13.8 Å². The predicted octanol–water partition coefficient (Wildman–Crippen LogP) is 5.01. The van der Waals surface area contributed by atoms with Gasteiger partial charge in [-0.05, 0) is 56.7 Å². The zero-order valence-corrected chi connectivity index (χ0v) is 16.4. The van der Waals surface area contributed by atoms with Crippen molar-refractivity contribution in [3.63, 3.8) is 0 Å². The van der Waals surface area contributed by atoms with E-state index in [1.165, 1.54) is 24.4 Å². The maximum absolute atomic E-state index is 14.0. The summed E-state index contributed by atoms with van der Waals surface area (Å²) in [6, 6.07) is 10.4. The monoisotopic (exact) mass is 397 g/mol. The minimum atomic E-state index is -0.826. The number of benzene rings is 1. The summed E-state index contributed by atoms with van der Waals surface area (Å²) in [5.41, 5.74) is 0.447. The van der Waals surface area contributed by atoms with E-state index < -0.39 is 17.0 Å². The molecule has 7 heteroatoms. The molecule has 0 aliphatic carbocycles. The molecule has 5 nitrogen and oxygen atoms in total. The number of hydrogen-bond donors (Lipinski definition) is 1. The third-order valence-corrected chi connectivity index (χ3v) is 4.52. The van der Waals surface area contributed by atoms with Crippen LogP contribution in [0.15, 0.2) is 54.9 Å². The van der Waals surface area contributed by atoms with E-state index in [0.29, 0.717) is 23.7 Å². The van der Waals surface area contributed by atoms with Crippen LogP contribution in [0.5, 0.6) is 0 Å². The molecule has 0 radical (unpaired) electrons. The van der Waals surface area contributed by atoms with E-state index in [9.17, 15) is 13.6 Å². The van der Waals surface area contributed by atoms with E-state index in [-0.39, 0.29) is 17.2 Å². The van der Waals surface area contributed by atoms with Gasteiger partial charge in [-0.1, -0.05) is 12.1 Å². The average Bonchev–Trinajstić information content (AvgIpc) is 2.69. The average molecular weight is 397 g/mol. The second-order valence-corrected chi connectivity index (χ2v) is 6.93. The molecule has 0 saturated heterocycles. The molecule has 1 N–H and O–H groups in total. The molecule has 0 bridgehead atoms. The summed E-state index contributed by atoms with van der Waals surface area (Å²) in [5.74, 6) is -1.18. The molecule has 2 aromatic heterocycles. The lowest BCUT2D eigenvalue weighted by Gasteiger charge is -2.22. The maximum atomic E-state index is 14.0. The Balaban J connectivity index is 1.82. The van der Waals surface area contributed by atoms with E-state index in [1.807, 2.05) is 0 Å². The molecule has 0 saturated carbocycles. The van der Waals surface area contributed by atoms with E-state index in [2.05, 4.69) is 15.3 Å². The zero-order chi connectivity index (χ0) is 21.0. The first-order chi connectivity index (χ1) is 13.8. The summed E-state index contributed by atoms with van der Waals surface area (Å²) >= 11 is 0. The van der Waals surface area contributed by atoms with Crippen molar-refractivity contribution in [1.29, 1.82) is 0 Å². The molecular formula is C22H21F2N3O2. The minimum absolute atomic E-state index is 0.172. The van der Waals surface area contributed by atoms with Crippen LogP contribution < -0.4 is 5.32 Å². The van der Waals surface area contributed by atoms with Gasteiger partial charge in [0.2, 0.25) is 0 Å². The summed E-state index contributed by atoms with van der Waals surface area (Å²) in [4.78, 5) is 20.5. The molecule has 150 valence electrons. The number of hydrogen-bond acceptors (Lipinski definition) is 5. The van der Waals surface area contributed by atoms with Crippen LogP contribution in [0.4, 0.5) is 20.3 Å². The quantitative estimate of drug-likeness (QED) is 0.593. The van der Waals surface area contributed by atoms with Gasteiger partial charge in [-0.3, -0.25) is 9.78 Å². The Kier molecular flexibility index (Phi) is 5.87. The fourth-order valence-electron chi connectivity index (χ4n) is 2.80. The van der Waals surface area contributed by atoms with Crippen molar-refractivity contribution >= 4 is 17.5 Å². The van der Waals surface area contributed by atoms with Crippen LogP contribution in [-0.2, 0) is 14.9 Å². The number of esters is 1. The van der Waals surface area contributed by atoms with Crippen LogP contribution in [0.2, 0.25) is 0 Å². The van der Waals surface area contributed by atoms with Gasteiger partial charge in [0, 0.05) is 18.1 Å². The molecule has 0 aliphatic heterocycles. The summed E-state index contributed by atoms with van der Waals surface area (Å²) in [7, 11) is 0. The van der Waals surface area contributed by atoms with Gasteiger partial charge < -0.3 is 10.1 Å². The number of anilines is 2. The van der Waals surface area contributed by atoms with E-state index in [0.717, 1.165) is 0 Å². The van der Waals surface area contributed by atoms with Crippen molar-refractivity contribution in [1.82, 2.24) is 9.97 Å². The van der Waals surface area contributed by atoms with Crippen LogP contribution in [0.25, 0.3) is 11.3 Å². The molecule has 3 aromatic rings. The first-order valence-electron chi connectivity index (χ1n) is 9.14. The number of rotatable bonds is 6. The highest BCUT2D eigenvalue weighted by Gasteiger charge is 2.31. The zero-order valence-electron chi connectivity index (χ0n) is 16.4. The second kappa shape index (κ2) is 8.34. The van der Waals surface area contributed by atoms with E-state index in [1.54, 1.807) is 51.2 Å². The number of halogens is 2. The highest BCUT2D eigenvalue weighted by atomic mass is 19.1. The Morgan fingerprint density at radius 3 is 2.45 bits per heavy atom. The normalized spacial score (nSPS) is 11.2. The molecule has 2 heterocycles. The molecule has 0 spiro atoms. The van der Waals surface area contributed by atoms with Crippen molar-refractivity contribution in [3.8, 4) is 11.3 Å². The van der Waals surface area contributed by atoms with Gasteiger partial charge in [0.05, 0.1) is 23.3 Å². The smallest absolute Gasteiger partial charge is 0.316 e. The first-order valence-corrected chi connectivity index (χ1v) is 9.14. The van der Waals surface area contributed by atoms with Gasteiger partial charge in [0.25, 0.3) is 0 Å². The van der Waals surface area contributed by atoms with Crippen molar-refractivity contribution in [2.24, 2.45) is 0 Å². The Bertz CT molecular complexity index is 1000. The molecule has 0 fully saturated rings. The largest absolute Gasteiger partial charge is 0.465 e. The van der Waals surface area contributed by atoms with Crippen LogP contribution in [0.1, 0.15) is 26.3 Å². The Hall–Kier alpha value is -3.35. The fourth-order valence-corrected chi connectivity index (χ4v) is 2.80. The molecule has 0 aliphatic rings.